The first-order chi connectivity index (χ1) is 9.96. The SMILES string of the molecule is CCOC(=O)[C@@H]1CCCN(S(=O)(=O)c2ccccc2C)C1. The maximum atomic E-state index is 12.7. The monoisotopic (exact) mass is 311 g/mol. The van der Waals surface area contributed by atoms with Crippen LogP contribution in [0.4, 0.5) is 0 Å². The third-order valence-corrected chi connectivity index (χ3v) is 5.74. The molecule has 1 heterocycles. The standard InChI is InChI=1S/C15H21NO4S/c1-3-20-15(17)13-8-6-10-16(11-13)21(18,19)14-9-5-4-7-12(14)2/h4-5,7,9,13H,3,6,8,10-11H2,1-2H3/t13-/m1/s1. The van der Waals surface area contributed by atoms with Crippen molar-refractivity contribution in [2.24, 2.45) is 5.92 Å². The highest BCUT2D eigenvalue weighted by Gasteiger charge is 2.34. The van der Waals surface area contributed by atoms with Crippen LogP contribution in [-0.2, 0) is 19.6 Å². The van der Waals surface area contributed by atoms with Gasteiger partial charge >= 0.3 is 5.97 Å². The van der Waals surface area contributed by atoms with Crippen LogP contribution >= 0.6 is 0 Å². The van der Waals surface area contributed by atoms with Gasteiger partial charge in [-0.1, -0.05) is 18.2 Å². The van der Waals surface area contributed by atoms with E-state index in [-0.39, 0.29) is 18.4 Å². The average molecular weight is 311 g/mol. The van der Waals surface area contributed by atoms with Gasteiger partial charge in [0.25, 0.3) is 0 Å². The lowest BCUT2D eigenvalue weighted by molar-refractivity contribution is -0.149. The fraction of sp³-hybridized carbons (Fsp3) is 0.533. The molecule has 1 aliphatic heterocycles. The molecule has 0 unspecified atom stereocenters. The first-order valence-corrected chi connectivity index (χ1v) is 8.63. The number of nitrogens with zero attached hydrogens (tertiary/aromatic N) is 1. The zero-order valence-electron chi connectivity index (χ0n) is 12.4. The van der Waals surface area contributed by atoms with Gasteiger partial charge in [0.2, 0.25) is 10.0 Å². The van der Waals surface area contributed by atoms with Crippen LogP contribution in [0.15, 0.2) is 29.2 Å². The minimum atomic E-state index is -3.55. The molecule has 0 bridgehead atoms. The van der Waals surface area contributed by atoms with Crippen LogP contribution in [0, 0.1) is 12.8 Å². The molecule has 0 N–H and O–H groups in total. The van der Waals surface area contributed by atoms with Gasteiger partial charge in [0.05, 0.1) is 17.4 Å². The Bertz CT molecular complexity index is 612. The van der Waals surface area contributed by atoms with E-state index in [1.54, 1.807) is 32.0 Å². The number of benzene rings is 1. The Morgan fingerprint density at radius 3 is 2.76 bits per heavy atom. The third-order valence-electron chi connectivity index (χ3n) is 3.72. The number of piperidine rings is 1. The Hall–Kier alpha value is -1.40. The second-order valence-corrected chi connectivity index (χ2v) is 7.13. The smallest absolute Gasteiger partial charge is 0.310 e. The topological polar surface area (TPSA) is 63.7 Å². The van der Waals surface area contributed by atoms with Crippen LogP contribution in [0.25, 0.3) is 0 Å². The number of carbonyl (C=O) groups excluding carboxylic acids is 1. The number of hydrogen-bond acceptors (Lipinski definition) is 4. The molecule has 5 nitrogen and oxygen atoms in total. The molecule has 1 aromatic rings. The fourth-order valence-corrected chi connectivity index (χ4v) is 4.35. The first-order valence-electron chi connectivity index (χ1n) is 7.19. The summed E-state index contributed by atoms with van der Waals surface area (Å²) in [7, 11) is -3.55. The summed E-state index contributed by atoms with van der Waals surface area (Å²) in [6.45, 7) is 4.50. The molecule has 6 heteroatoms. The molecular formula is C15H21NO4S. The zero-order chi connectivity index (χ0) is 15.5. The molecule has 0 spiro atoms. The lowest BCUT2D eigenvalue weighted by Gasteiger charge is -2.31. The van der Waals surface area contributed by atoms with Crippen LogP contribution in [0.5, 0.6) is 0 Å². The van der Waals surface area contributed by atoms with E-state index >= 15 is 0 Å². The molecule has 1 saturated heterocycles. The first kappa shape index (κ1) is 16.0. The zero-order valence-corrected chi connectivity index (χ0v) is 13.2. The number of hydrogen-bond donors (Lipinski definition) is 0. The summed E-state index contributed by atoms with van der Waals surface area (Å²) in [4.78, 5) is 12.1. The second kappa shape index (κ2) is 6.58. The van der Waals surface area contributed by atoms with E-state index in [9.17, 15) is 13.2 Å². The molecule has 0 amide bonds. The Morgan fingerprint density at radius 2 is 2.10 bits per heavy atom. The molecule has 1 aromatic carbocycles. The quantitative estimate of drug-likeness (QED) is 0.797. The fourth-order valence-electron chi connectivity index (χ4n) is 2.60. The second-order valence-electron chi connectivity index (χ2n) is 5.22. The summed E-state index contributed by atoms with van der Waals surface area (Å²) in [6.07, 6.45) is 1.35. The van der Waals surface area contributed by atoms with Crippen molar-refractivity contribution in [2.45, 2.75) is 31.6 Å². The Balaban J connectivity index is 2.21. The predicted octanol–water partition coefficient (Wildman–Crippen LogP) is 1.96. The Labute approximate surface area is 126 Å². The number of aryl methyl sites for hydroxylation is 1. The average Bonchev–Trinajstić information content (AvgIpc) is 2.48. The maximum absolute atomic E-state index is 12.7. The molecule has 2 rings (SSSR count). The van der Waals surface area contributed by atoms with E-state index in [2.05, 4.69) is 0 Å². The van der Waals surface area contributed by atoms with E-state index in [0.717, 1.165) is 5.56 Å². The molecular weight excluding hydrogens is 290 g/mol. The highest BCUT2D eigenvalue weighted by atomic mass is 32.2. The number of carbonyl (C=O) groups is 1. The summed E-state index contributed by atoms with van der Waals surface area (Å²) >= 11 is 0. The molecule has 0 radical (unpaired) electrons. The van der Waals surface area contributed by atoms with Gasteiger partial charge in [-0.3, -0.25) is 4.79 Å². The van der Waals surface area contributed by atoms with E-state index in [4.69, 9.17) is 4.74 Å². The summed E-state index contributed by atoms with van der Waals surface area (Å²) in [5.41, 5.74) is 0.718. The minimum absolute atomic E-state index is 0.204. The summed E-state index contributed by atoms with van der Waals surface area (Å²) in [5.74, 6) is -0.667. The van der Waals surface area contributed by atoms with Crippen molar-refractivity contribution in [3.63, 3.8) is 0 Å². The summed E-state index contributed by atoms with van der Waals surface area (Å²) < 4.78 is 31.8. The lowest BCUT2D eigenvalue weighted by atomic mass is 10.0. The van der Waals surface area contributed by atoms with Crippen molar-refractivity contribution in [2.75, 3.05) is 19.7 Å². The van der Waals surface area contributed by atoms with E-state index < -0.39 is 10.0 Å². The van der Waals surface area contributed by atoms with Gasteiger partial charge in [-0.25, -0.2) is 8.42 Å². The number of ether oxygens (including phenoxy) is 1. The maximum Gasteiger partial charge on any atom is 0.310 e. The van der Waals surface area contributed by atoms with Crippen LogP contribution in [0.3, 0.4) is 0 Å². The third kappa shape index (κ3) is 3.44. The summed E-state index contributed by atoms with van der Waals surface area (Å²) in [6, 6.07) is 6.91. The molecule has 116 valence electrons. The van der Waals surface area contributed by atoms with Gasteiger partial charge in [-0.2, -0.15) is 4.31 Å². The van der Waals surface area contributed by atoms with Crippen molar-refractivity contribution >= 4 is 16.0 Å². The molecule has 0 aromatic heterocycles. The highest BCUT2D eigenvalue weighted by molar-refractivity contribution is 7.89. The van der Waals surface area contributed by atoms with Gasteiger partial charge in [0, 0.05) is 13.1 Å². The lowest BCUT2D eigenvalue weighted by Crippen LogP contribution is -2.42. The molecule has 1 atom stereocenters. The highest BCUT2D eigenvalue weighted by Crippen LogP contribution is 2.26. The van der Waals surface area contributed by atoms with Crippen LogP contribution < -0.4 is 0 Å². The van der Waals surface area contributed by atoms with E-state index in [1.807, 2.05) is 6.07 Å². The molecule has 21 heavy (non-hydrogen) atoms. The van der Waals surface area contributed by atoms with E-state index in [0.29, 0.717) is 30.9 Å². The molecule has 0 saturated carbocycles. The van der Waals surface area contributed by atoms with Gasteiger partial charge in [-0.15, -0.1) is 0 Å². The molecule has 1 aliphatic rings. The Morgan fingerprint density at radius 1 is 1.38 bits per heavy atom. The molecule has 1 fully saturated rings. The largest absolute Gasteiger partial charge is 0.466 e. The van der Waals surface area contributed by atoms with Gasteiger partial charge < -0.3 is 4.74 Å². The number of rotatable bonds is 4. The van der Waals surface area contributed by atoms with Crippen LogP contribution in [0.2, 0.25) is 0 Å². The van der Waals surface area contributed by atoms with Gasteiger partial charge in [-0.05, 0) is 38.3 Å². The van der Waals surface area contributed by atoms with Gasteiger partial charge in [0.15, 0.2) is 0 Å². The minimum Gasteiger partial charge on any atom is -0.466 e. The Kier molecular flexibility index (Phi) is 5.00. The van der Waals surface area contributed by atoms with E-state index in [1.165, 1.54) is 4.31 Å². The van der Waals surface area contributed by atoms with Crippen LogP contribution in [0.1, 0.15) is 25.3 Å². The van der Waals surface area contributed by atoms with Crippen molar-refractivity contribution in [1.29, 1.82) is 0 Å². The van der Waals surface area contributed by atoms with Crippen LogP contribution in [-0.4, -0.2) is 38.4 Å². The van der Waals surface area contributed by atoms with Crippen molar-refractivity contribution in [3.05, 3.63) is 29.8 Å². The van der Waals surface area contributed by atoms with Gasteiger partial charge in [0.1, 0.15) is 0 Å². The van der Waals surface area contributed by atoms with Crippen molar-refractivity contribution in [3.8, 4) is 0 Å². The number of esters is 1. The van der Waals surface area contributed by atoms with Crippen molar-refractivity contribution < 1.29 is 17.9 Å². The molecule has 0 aliphatic carbocycles. The predicted molar refractivity (Wildman–Crippen MR) is 79.3 cm³/mol. The summed E-state index contributed by atoms with van der Waals surface area (Å²) in [5, 5.41) is 0. The van der Waals surface area contributed by atoms with Crippen molar-refractivity contribution in [1.82, 2.24) is 4.31 Å². The number of sulfonamides is 1. The normalized spacial score (nSPS) is 20.2.